The van der Waals surface area contributed by atoms with Crippen molar-refractivity contribution in [2.24, 2.45) is 0 Å². The summed E-state index contributed by atoms with van der Waals surface area (Å²) < 4.78 is 46.5. The van der Waals surface area contributed by atoms with E-state index in [1.807, 2.05) is 35.6 Å². The highest BCUT2D eigenvalue weighted by Crippen LogP contribution is 2.37. The Kier molecular flexibility index (Phi) is 8.58. The van der Waals surface area contributed by atoms with Gasteiger partial charge in [0.15, 0.2) is 0 Å². The number of fused-ring (bicyclic) bond motifs is 1. The lowest BCUT2D eigenvalue weighted by atomic mass is 10.0. The molecule has 1 amide bonds. The van der Waals surface area contributed by atoms with Crippen molar-refractivity contribution in [1.82, 2.24) is 14.9 Å². The van der Waals surface area contributed by atoms with E-state index in [4.69, 9.17) is 9.84 Å². The Morgan fingerprint density at radius 2 is 1.91 bits per heavy atom. The van der Waals surface area contributed by atoms with Gasteiger partial charge in [0.1, 0.15) is 17.4 Å². The maximum absolute atomic E-state index is 13.6. The first-order valence-electron chi connectivity index (χ1n) is 13.9. The molecule has 0 saturated carbocycles. The molecule has 1 fully saturated rings. The highest BCUT2D eigenvalue weighted by Gasteiger charge is 2.32. The fraction of sp³-hybridized carbons (Fsp3) is 0.323. The van der Waals surface area contributed by atoms with Crippen LogP contribution < -0.4 is 20.7 Å². The standard InChI is InChI=1S/C31H33F3N6O3/c1-18(21-11-22(31(32,33)34)13-24(12-21)39-30(41)42)35-29-25-14-27(28(43-3)15-26(25)36-19(2)37-29)38-23-9-10-40(17-23)16-20-7-5-4-6-8-20/h4-8,11-15,18,23,38-39H,9-10,16-17H2,1-3H3,(H,41,42)(H,35,36,37)/t18-,23+/m1/s1. The Bertz CT molecular complexity index is 1620. The highest BCUT2D eigenvalue weighted by molar-refractivity contribution is 5.94. The molecule has 0 unspecified atom stereocenters. The number of hydrogen-bond donors (Lipinski definition) is 4. The third-order valence-corrected chi connectivity index (χ3v) is 7.40. The molecule has 43 heavy (non-hydrogen) atoms. The van der Waals surface area contributed by atoms with Gasteiger partial charge < -0.3 is 20.5 Å². The normalized spacial score (nSPS) is 16.2. The van der Waals surface area contributed by atoms with Crippen LogP contribution in [-0.2, 0) is 12.7 Å². The minimum Gasteiger partial charge on any atom is -0.495 e. The summed E-state index contributed by atoms with van der Waals surface area (Å²) in [6, 6.07) is 16.7. The van der Waals surface area contributed by atoms with Crippen LogP contribution in [0.5, 0.6) is 5.75 Å². The minimum atomic E-state index is -4.66. The number of nitrogens with one attached hydrogen (secondary N) is 3. The van der Waals surface area contributed by atoms with Crippen molar-refractivity contribution in [2.45, 2.75) is 45.1 Å². The van der Waals surface area contributed by atoms with E-state index in [9.17, 15) is 18.0 Å². The number of methoxy groups -OCH3 is 1. The van der Waals surface area contributed by atoms with Crippen molar-refractivity contribution in [2.75, 3.05) is 36.1 Å². The minimum absolute atomic E-state index is 0.177. The zero-order valence-corrected chi connectivity index (χ0v) is 24.0. The number of alkyl halides is 3. The average Bonchev–Trinajstić information content (AvgIpc) is 3.38. The van der Waals surface area contributed by atoms with Gasteiger partial charge in [0, 0.05) is 42.8 Å². The fourth-order valence-corrected chi connectivity index (χ4v) is 5.37. The van der Waals surface area contributed by atoms with E-state index >= 15 is 0 Å². The molecule has 4 aromatic rings. The van der Waals surface area contributed by atoms with Crippen molar-refractivity contribution in [1.29, 1.82) is 0 Å². The molecule has 12 heteroatoms. The molecule has 226 valence electrons. The Labute approximate surface area is 247 Å². The first kappa shape index (κ1) is 29.9. The molecule has 0 bridgehead atoms. The molecule has 0 spiro atoms. The van der Waals surface area contributed by atoms with Crippen LogP contribution in [0.4, 0.5) is 35.2 Å². The summed E-state index contributed by atoms with van der Waals surface area (Å²) >= 11 is 0. The number of hydrogen-bond acceptors (Lipinski definition) is 7. The number of ether oxygens (including phenoxy) is 1. The number of nitrogens with zero attached hydrogens (tertiary/aromatic N) is 3. The number of aryl methyl sites for hydroxylation is 1. The maximum atomic E-state index is 13.6. The molecule has 1 aromatic heterocycles. The van der Waals surface area contributed by atoms with Crippen LogP contribution >= 0.6 is 0 Å². The van der Waals surface area contributed by atoms with Crippen LogP contribution in [0, 0.1) is 6.92 Å². The first-order valence-corrected chi connectivity index (χ1v) is 13.9. The molecular weight excluding hydrogens is 561 g/mol. The fourth-order valence-electron chi connectivity index (χ4n) is 5.37. The van der Waals surface area contributed by atoms with E-state index in [2.05, 4.69) is 37.6 Å². The van der Waals surface area contributed by atoms with E-state index in [1.165, 1.54) is 11.6 Å². The number of benzene rings is 3. The van der Waals surface area contributed by atoms with E-state index < -0.39 is 23.9 Å². The zero-order chi connectivity index (χ0) is 30.7. The SMILES string of the molecule is COc1cc2nc(C)nc(N[C@H](C)c3cc(NC(=O)O)cc(C(F)(F)F)c3)c2cc1N[C@H]1CCN(Cc2ccccc2)C1. The van der Waals surface area contributed by atoms with Gasteiger partial charge in [0.25, 0.3) is 0 Å². The third kappa shape index (κ3) is 7.26. The molecule has 2 atom stereocenters. The molecule has 5 rings (SSSR count). The second kappa shape index (κ2) is 12.3. The van der Waals surface area contributed by atoms with Crippen molar-refractivity contribution in [3.63, 3.8) is 0 Å². The lowest BCUT2D eigenvalue weighted by molar-refractivity contribution is -0.137. The monoisotopic (exact) mass is 594 g/mol. The molecule has 0 radical (unpaired) electrons. The predicted octanol–water partition coefficient (Wildman–Crippen LogP) is 6.92. The van der Waals surface area contributed by atoms with Crippen molar-refractivity contribution >= 4 is 34.2 Å². The van der Waals surface area contributed by atoms with Crippen LogP contribution in [0.25, 0.3) is 10.9 Å². The van der Waals surface area contributed by atoms with Crippen LogP contribution in [0.2, 0.25) is 0 Å². The van der Waals surface area contributed by atoms with Gasteiger partial charge in [-0.15, -0.1) is 0 Å². The summed E-state index contributed by atoms with van der Waals surface area (Å²) in [7, 11) is 1.59. The molecule has 0 aliphatic carbocycles. The molecule has 4 N–H and O–H groups in total. The molecule has 3 aromatic carbocycles. The molecule has 9 nitrogen and oxygen atoms in total. The molecule has 1 aliphatic heterocycles. The Balaban J connectivity index is 1.42. The van der Waals surface area contributed by atoms with Crippen LogP contribution in [0.15, 0.2) is 60.7 Å². The van der Waals surface area contributed by atoms with Gasteiger partial charge in [-0.25, -0.2) is 14.8 Å². The molecular formula is C31H33F3N6O3. The number of carboxylic acid groups (broad SMARTS) is 1. The maximum Gasteiger partial charge on any atom is 0.416 e. The number of aromatic nitrogens is 2. The number of likely N-dealkylation sites (tertiary alicyclic amines) is 1. The summed E-state index contributed by atoms with van der Waals surface area (Å²) in [5, 5.41) is 18.6. The van der Waals surface area contributed by atoms with Gasteiger partial charge in [0.05, 0.1) is 29.9 Å². The molecule has 1 aliphatic rings. The second-order valence-electron chi connectivity index (χ2n) is 10.7. The lowest BCUT2D eigenvalue weighted by Crippen LogP contribution is -2.26. The van der Waals surface area contributed by atoms with Gasteiger partial charge >= 0.3 is 12.3 Å². The van der Waals surface area contributed by atoms with Gasteiger partial charge in [-0.3, -0.25) is 10.2 Å². The summed E-state index contributed by atoms with van der Waals surface area (Å²) in [4.78, 5) is 22.7. The average molecular weight is 595 g/mol. The summed E-state index contributed by atoms with van der Waals surface area (Å²) in [6.07, 6.45) is -5.16. The van der Waals surface area contributed by atoms with Crippen LogP contribution in [-0.4, -0.2) is 52.3 Å². The predicted molar refractivity (Wildman–Crippen MR) is 160 cm³/mol. The summed E-state index contributed by atoms with van der Waals surface area (Å²) in [6.45, 7) is 6.08. The van der Waals surface area contributed by atoms with Crippen molar-refractivity contribution < 1.29 is 27.8 Å². The van der Waals surface area contributed by atoms with E-state index in [-0.39, 0.29) is 17.3 Å². The molecule has 2 heterocycles. The largest absolute Gasteiger partial charge is 0.495 e. The summed E-state index contributed by atoms with van der Waals surface area (Å²) in [5.74, 6) is 1.52. The topological polar surface area (TPSA) is 112 Å². The van der Waals surface area contributed by atoms with E-state index in [0.717, 1.165) is 43.9 Å². The number of anilines is 3. The smallest absolute Gasteiger partial charge is 0.416 e. The Morgan fingerprint density at radius 3 is 2.60 bits per heavy atom. The van der Waals surface area contributed by atoms with Crippen molar-refractivity contribution in [3.8, 4) is 5.75 Å². The number of amides is 1. The first-order chi connectivity index (χ1) is 20.5. The lowest BCUT2D eigenvalue weighted by Gasteiger charge is -2.21. The third-order valence-electron chi connectivity index (χ3n) is 7.40. The van der Waals surface area contributed by atoms with Gasteiger partial charge in [-0.2, -0.15) is 13.2 Å². The van der Waals surface area contributed by atoms with Gasteiger partial charge in [-0.1, -0.05) is 30.3 Å². The highest BCUT2D eigenvalue weighted by atomic mass is 19.4. The number of rotatable bonds is 9. The number of carbonyl (C=O) groups is 1. The van der Waals surface area contributed by atoms with Crippen LogP contribution in [0.3, 0.4) is 0 Å². The van der Waals surface area contributed by atoms with Crippen LogP contribution in [0.1, 0.15) is 41.9 Å². The second-order valence-corrected chi connectivity index (χ2v) is 10.7. The quantitative estimate of drug-likeness (QED) is 0.165. The Hall–Kier alpha value is -4.58. The van der Waals surface area contributed by atoms with Gasteiger partial charge in [-0.05, 0) is 55.7 Å². The van der Waals surface area contributed by atoms with E-state index in [1.54, 1.807) is 21.0 Å². The zero-order valence-electron chi connectivity index (χ0n) is 24.0. The Morgan fingerprint density at radius 1 is 1.14 bits per heavy atom. The molecule has 1 saturated heterocycles. The van der Waals surface area contributed by atoms with Crippen molar-refractivity contribution in [3.05, 3.63) is 83.2 Å². The van der Waals surface area contributed by atoms with E-state index in [0.29, 0.717) is 28.3 Å². The van der Waals surface area contributed by atoms with Gasteiger partial charge in [0.2, 0.25) is 0 Å². The summed E-state index contributed by atoms with van der Waals surface area (Å²) in [5.41, 5.74) is 1.73. The number of halogens is 3.